The molecule has 1 aromatic rings. The van der Waals surface area contributed by atoms with E-state index < -0.39 is 5.79 Å². The third kappa shape index (κ3) is 4.22. The van der Waals surface area contributed by atoms with Crippen molar-refractivity contribution in [2.75, 3.05) is 44.7 Å². The first-order valence-electron chi connectivity index (χ1n) is 9.71. The van der Waals surface area contributed by atoms with Gasteiger partial charge in [0, 0.05) is 37.6 Å². The van der Waals surface area contributed by atoms with Crippen LogP contribution in [0.25, 0.3) is 0 Å². The van der Waals surface area contributed by atoms with Crippen molar-refractivity contribution in [3.05, 3.63) is 18.2 Å². The molecule has 1 spiro atoms. The number of hydrogen-bond acceptors (Lipinski definition) is 4. The van der Waals surface area contributed by atoms with Gasteiger partial charge < -0.3 is 29.7 Å². The van der Waals surface area contributed by atoms with Crippen molar-refractivity contribution in [1.82, 2.24) is 5.32 Å². The Morgan fingerprint density at radius 1 is 1.12 bits per heavy atom. The smallest absolute Gasteiger partial charge is 0.251 e. The van der Waals surface area contributed by atoms with Gasteiger partial charge in [-0.1, -0.05) is 0 Å². The first-order chi connectivity index (χ1) is 12.7. The second-order valence-corrected chi connectivity index (χ2v) is 7.74. The molecule has 0 bridgehead atoms. The third-order valence-electron chi connectivity index (χ3n) is 5.35. The largest absolute Gasteiger partial charge is 0.448 e. The number of rotatable bonds is 5. The first-order valence-corrected chi connectivity index (χ1v) is 10.1. The van der Waals surface area contributed by atoms with Gasteiger partial charge in [-0.05, 0) is 37.2 Å². The minimum Gasteiger partial charge on any atom is -0.448 e. The van der Waals surface area contributed by atoms with Crippen molar-refractivity contribution in [3.63, 3.8) is 0 Å². The van der Waals surface area contributed by atoms with Gasteiger partial charge >= 0.3 is 0 Å². The van der Waals surface area contributed by atoms with Crippen molar-refractivity contribution >= 4 is 23.0 Å². The van der Waals surface area contributed by atoms with E-state index in [2.05, 4.69) is 10.6 Å². The highest BCUT2D eigenvalue weighted by Gasteiger charge is 2.44. The maximum Gasteiger partial charge on any atom is 0.251 e. The van der Waals surface area contributed by atoms with Crippen molar-refractivity contribution < 1.29 is 19.1 Å². The molecule has 3 N–H and O–H groups in total. The molecule has 26 heavy (non-hydrogen) atoms. The fourth-order valence-corrected chi connectivity index (χ4v) is 4.13. The van der Waals surface area contributed by atoms with Gasteiger partial charge in [-0.25, -0.2) is 0 Å². The Hall–Kier alpha value is -1.57. The van der Waals surface area contributed by atoms with Crippen LogP contribution < -0.4 is 25.0 Å². The molecule has 1 saturated carbocycles. The minimum absolute atomic E-state index is 0.415. The molecule has 2 heterocycles. The highest BCUT2D eigenvalue weighted by molar-refractivity contribution is 7.80. The summed E-state index contributed by atoms with van der Waals surface area (Å²) in [5, 5.41) is 7.19. The standard InChI is InChI=1S/C19H27N3O3S/c26-18(20-8-3-9-22-10-12-23-13-11-22)21-15-4-5-16-17(14-15)25-19(24-16)6-1-2-7-19/h4-5,14H,1-3,6-13H2,(H2,20,21,26)/p+1. The Labute approximate surface area is 160 Å². The van der Waals surface area contributed by atoms with Crippen LogP contribution >= 0.6 is 12.2 Å². The quantitative estimate of drug-likeness (QED) is 0.531. The molecule has 0 atom stereocenters. The van der Waals surface area contributed by atoms with Gasteiger partial charge in [-0.3, -0.25) is 0 Å². The fraction of sp³-hybridized carbons (Fsp3) is 0.632. The lowest BCUT2D eigenvalue weighted by atomic mass is 10.2. The maximum absolute atomic E-state index is 6.10. The Kier molecular flexibility index (Phi) is 5.47. The van der Waals surface area contributed by atoms with E-state index in [-0.39, 0.29) is 0 Å². The number of nitrogens with one attached hydrogen (secondary N) is 3. The summed E-state index contributed by atoms with van der Waals surface area (Å²) in [5.41, 5.74) is 0.929. The topological polar surface area (TPSA) is 56.2 Å². The number of morpholine rings is 1. The Morgan fingerprint density at radius 2 is 1.88 bits per heavy atom. The fourth-order valence-electron chi connectivity index (χ4n) is 3.91. The molecule has 0 unspecified atom stereocenters. The maximum atomic E-state index is 6.10. The number of thiocarbonyl (C=S) groups is 1. The highest BCUT2D eigenvalue weighted by atomic mass is 32.1. The molecule has 0 aromatic heterocycles. The van der Waals surface area contributed by atoms with Gasteiger partial charge in [-0.15, -0.1) is 0 Å². The molecule has 0 amide bonds. The molecule has 1 saturated heterocycles. The van der Waals surface area contributed by atoms with E-state index in [1.165, 1.54) is 12.8 Å². The Balaban J connectivity index is 1.21. The number of benzene rings is 1. The zero-order valence-corrected chi connectivity index (χ0v) is 16.0. The van der Waals surface area contributed by atoms with Crippen molar-refractivity contribution in [2.45, 2.75) is 37.9 Å². The summed E-state index contributed by atoms with van der Waals surface area (Å²) in [6.45, 7) is 6.03. The van der Waals surface area contributed by atoms with Crippen LogP contribution in [0.15, 0.2) is 18.2 Å². The van der Waals surface area contributed by atoms with Gasteiger partial charge in [-0.2, -0.15) is 0 Å². The molecule has 3 aliphatic rings. The van der Waals surface area contributed by atoms with E-state index in [9.17, 15) is 0 Å². The van der Waals surface area contributed by atoms with Crippen molar-refractivity contribution in [2.24, 2.45) is 0 Å². The zero-order valence-electron chi connectivity index (χ0n) is 15.1. The van der Waals surface area contributed by atoms with E-state index in [1.807, 2.05) is 18.2 Å². The van der Waals surface area contributed by atoms with Gasteiger partial charge in [0.1, 0.15) is 13.1 Å². The lowest BCUT2D eigenvalue weighted by Gasteiger charge is -2.23. The summed E-state index contributed by atoms with van der Waals surface area (Å²) in [5.74, 6) is 1.24. The lowest BCUT2D eigenvalue weighted by Crippen LogP contribution is -3.14. The summed E-state index contributed by atoms with van der Waals surface area (Å²) in [6.07, 6.45) is 5.37. The molecule has 7 heteroatoms. The van der Waals surface area contributed by atoms with Gasteiger partial charge in [0.2, 0.25) is 0 Å². The minimum atomic E-state index is -0.415. The van der Waals surface area contributed by atoms with E-state index in [0.717, 1.165) is 75.8 Å². The zero-order chi connectivity index (χ0) is 17.8. The van der Waals surface area contributed by atoms with Crippen LogP contribution in [0, 0.1) is 0 Å². The summed E-state index contributed by atoms with van der Waals surface area (Å²) < 4.78 is 17.5. The average molecular weight is 379 g/mol. The number of quaternary nitrogens is 1. The number of ether oxygens (including phenoxy) is 3. The number of hydrogen-bond donors (Lipinski definition) is 3. The Bertz CT molecular complexity index is 643. The van der Waals surface area contributed by atoms with Crippen molar-refractivity contribution in [1.29, 1.82) is 0 Å². The number of fused-ring (bicyclic) bond motifs is 1. The molecular weight excluding hydrogens is 350 g/mol. The predicted molar refractivity (Wildman–Crippen MR) is 104 cm³/mol. The van der Waals surface area contributed by atoms with Crippen LogP contribution in [0.1, 0.15) is 32.1 Å². The molecule has 6 nitrogen and oxygen atoms in total. The monoisotopic (exact) mass is 378 g/mol. The van der Waals surface area contributed by atoms with E-state index in [0.29, 0.717) is 5.11 Å². The van der Waals surface area contributed by atoms with Crippen LogP contribution in [0.3, 0.4) is 0 Å². The molecule has 1 aromatic carbocycles. The van der Waals surface area contributed by atoms with Gasteiger partial charge in [0.25, 0.3) is 5.79 Å². The summed E-state index contributed by atoms with van der Waals surface area (Å²) in [7, 11) is 0. The third-order valence-corrected chi connectivity index (χ3v) is 5.60. The van der Waals surface area contributed by atoms with Crippen LogP contribution in [0.2, 0.25) is 0 Å². The average Bonchev–Trinajstić information content (AvgIpc) is 3.25. The first kappa shape index (κ1) is 17.8. The second kappa shape index (κ2) is 7.98. The van der Waals surface area contributed by atoms with Crippen LogP contribution in [-0.4, -0.2) is 50.3 Å². The number of anilines is 1. The van der Waals surface area contributed by atoms with Crippen LogP contribution in [-0.2, 0) is 4.74 Å². The normalized spacial score (nSPS) is 21.1. The SMILES string of the molecule is S=C(NCCC[NH+]1CCOCC1)Nc1ccc2c(c1)OC1(CCCC1)O2. The molecule has 1 aliphatic carbocycles. The highest BCUT2D eigenvalue weighted by Crippen LogP contribution is 2.47. The Morgan fingerprint density at radius 3 is 2.69 bits per heavy atom. The second-order valence-electron chi connectivity index (χ2n) is 7.33. The van der Waals surface area contributed by atoms with Crippen molar-refractivity contribution in [3.8, 4) is 11.5 Å². The molecule has 0 radical (unpaired) electrons. The predicted octanol–water partition coefficient (Wildman–Crippen LogP) is 1.32. The van der Waals surface area contributed by atoms with E-state index in [1.54, 1.807) is 4.90 Å². The summed E-state index contributed by atoms with van der Waals surface area (Å²) in [6, 6.07) is 5.94. The lowest BCUT2D eigenvalue weighted by molar-refractivity contribution is -0.908. The molecule has 2 fully saturated rings. The van der Waals surface area contributed by atoms with Crippen LogP contribution in [0.5, 0.6) is 11.5 Å². The molecular formula is C19H28N3O3S+. The molecule has 4 rings (SSSR count). The van der Waals surface area contributed by atoms with E-state index in [4.69, 9.17) is 26.4 Å². The summed E-state index contributed by atoms with van der Waals surface area (Å²) in [4.78, 5) is 1.62. The van der Waals surface area contributed by atoms with E-state index >= 15 is 0 Å². The van der Waals surface area contributed by atoms with Gasteiger partial charge in [0.05, 0.1) is 19.8 Å². The van der Waals surface area contributed by atoms with Crippen LogP contribution in [0.4, 0.5) is 5.69 Å². The summed E-state index contributed by atoms with van der Waals surface area (Å²) >= 11 is 5.41. The molecule has 142 valence electrons. The van der Waals surface area contributed by atoms with Gasteiger partial charge in [0.15, 0.2) is 16.6 Å². The molecule has 2 aliphatic heterocycles.